The van der Waals surface area contributed by atoms with E-state index in [0.717, 1.165) is 25.7 Å². The lowest BCUT2D eigenvalue weighted by atomic mass is 9.50. The molecule has 25 heavy (non-hydrogen) atoms. The summed E-state index contributed by atoms with van der Waals surface area (Å²) >= 11 is 0. The first-order valence-electron chi connectivity index (χ1n) is 9.03. The number of benzene rings is 1. The van der Waals surface area contributed by atoms with Crippen molar-refractivity contribution < 1.29 is 9.53 Å². The highest BCUT2D eigenvalue weighted by Gasteiger charge is 2.56. The number of nitrogens with zero attached hydrogens (tertiary/aromatic N) is 1. The molecule has 1 saturated carbocycles. The Hall–Kier alpha value is -1.92. The number of carbonyl (C=O) groups excluding carboxylic acids is 1. The zero-order valence-corrected chi connectivity index (χ0v) is 15.6. The fourth-order valence-electron chi connectivity index (χ4n) is 5.33. The van der Waals surface area contributed by atoms with Crippen molar-refractivity contribution in [2.75, 3.05) is 7.11 Å². The van der Waals surface area contributed by atoms with E-state index in [4.69, 9.17) is 4.74 Å². The lowest BCUT2D eigenvalue weighted by molar-refractivity contribution is -0.141. The van der Waals surface area contributed by atoms with E-state index >= 15 is 0 Å². The first-order valence-corrected chi connectivity index (χ1v) is 9.03. The van der Waals surface area contributed by atoms with Gasteiger partial charge in [0, 0.05) is 18.9 Å². The number of hydrogen-bond acceptors (Lipinski definition) is 3. The Morgan fingerprint density at radius 2 is 1.92 bits per heavy atom. The molecule has 1 aromatic rings. The van der Waals surface area contributed by atoms with Crippen LogP contribution < -0.4 is 0 Å². The van der Waals surface area contributed by atoms with Gasteiger partial charge in [0.05, 0.1) is 11.2 Å². The van der Waals surface area contributed by atoms with E-state index in [1.807, 2.05) is 26.0 Å². The molecule has 0 heterocycles. The molecule has 0 aromatic heterocycles. The largest absolute Gasteiger partial charge is 0.378 e. The Morgan fingerprint density at radius 1 is 1.24 bits per heavy atom. The fraction of sp³-hybridized carbons (Fsp3) is 0.545. The number of ether oxygens (including phenoxy) is 1. The van der Waals surface area contributed by atoms with Gasteiger partial charge < -0.3 is 4.74 Å². The predicted octanol–water partition coefficient (Wildman–Crippen LogP) is 4.48. The Morgan fingerprint density at radius 3 is 2.52 bits per heavy atom. The van der Waals surface area contributed by atoms with Gasteiger partial charge >= 0.3 is 0 Å². The first-order chi connectivity index (χ1) is 11.8. The van der Waals surface area contributed by atoms with Crippen molar-refractivity contribution in [3.05, 3.63) is 47.5 Å². The summed E-state index contributed by atoms with van der Waals surface area (Å²) in [6.07, 6.45) is 5.49. The van der Waals surface area contributed by atoms with Crippen LogP contribution in [0, 0.1) is 28.1 Å². The summed E-state index contributed by atoms with van der Waals surface area (Å²) in [7, 11) is 1.79. The molecule has 1 fully saturated rings. The Bertz CT molecular complexity index is 743. The minimum Gasteiger partial charge on any atom is -0.378 e. The first kappa shape index (κ1) is 17.9. The van der Waals surface area contributed by atoms with Gasteiger partial charge in [-0.25, -0.2) is 0 Å². The quantitative estimate of drug-likeness (QED) is 0.817. The van der Waals surface area contributed by atoms with Crippen LogP contribution in [0.4, 0.5) is 0 Å². The molecule has 2 aliphatic carbocycles. The summed E-state index contributed by atoms with van der Waals surface area (Å²) in [5.41, 5.74) is 0.629. The number of fused-ring (bicyclic) bond motifs is 1. The number of nitriles is 1. The van der Waals surface area contributed by atoms with Gasteiger partial charge in [-0.3, -0.25) is 4.79 Å². The van der Waals surface area contributed by atoms with Crippen molar-refractivity contribution in [3.8, 4) is 6.07 Å². The van der Waals surface area contributed by atoms with E-state index in [9.17, 15) is 10.1 Å². The Labute approximate surface area is 150 Å². The fourth-order valence-corrected chi connectivity index (χ4v) is 5.33. The summed E-state index contributed by atoms with van der Waals surface area (Å²) in [4.78, 5) is 12.7. The molecule has 3 atom stereocenters. The average Bonchev–Trinajstić information content (AvgIpc) is 2.59. The van der Waals surface area contributed by atoms with Crippen LogP contribution in [0.15, 0.2) is 42.0 Å². The molecule has 2 aliphatic rings. The maximum Gasteiger partial charge on any atom is 0.178 e. The molecule has 0 bridgehead atoms. The van der Waals surface area contributed by atoms with Gasteiger partial charge in [0.25, 0.3) is 0 Å². The molecule has 3 rings (SSSR count). The van der Waals surface area contributed by atoms with Crippen molar-refractivity contribution >= 4 is 5.78 Å². The summed E-state index contributed by atoms with van der Waals surface area (Å²) < 4.78 is 6.06. The highest BCUT2D eigenvalue weighted by Crippen LogP contribution is 2.58. The number of methoxy groups -OCH3 is 1. The number of Topliss-reactive ketones (excluding diaryl/α,β-unsaturated/α-hetero) is 1. The number of hydrogen-bond donors (Lipinski definition) is 0. The van der Waals surface area contributed by atoms with E-state index in [1.165, 1.54) is 5.56 Å². The van der Waals surface area contributed by atoms with E-state index in [0.29, 0.717) is 5.57 Å². The van der Waals surface area contributed by atoms with E-state index in [-0.39, 0.29) is 22.7 Å². The average molecular weight is 337 g/mol. The van der Waals surface area contributed by atoms with Crippen LogP contribution in [0.1, 0.15) is 45.6 Å². The van der Waals surface area contributed by atoms with Gasteiger partial charge in [-0.1, -0.05) is 57.2 Å². The maximum absolute atomic E-state index is 12.7. The summed E-state index contributed by atoms with van der Waals surface area (Å²) in [6, 6.07) is 12.6. The number of allylic oxidation sites excluding steroid dienone is 2. The molecule has 132 valence electrons. The van der Waals surface area contributed by atoms with Crippen molar-refractivity contribution in [3.63, 3.8) is 0 Å². The molecule has 0 saturated heterocycles. The smallest absolute Gasteiger partial charge is 0.178 e. The molecular formula is C22H27NO2. The molecule has 1 aromatic carbocycles. The minimum absolute atomic E-state index is 0.00884. The highest BCUT2D eigenvalue weighted by atomic mass is 16.5. The molecule has 0 spiro atoms. The van der Waals surface area contributed by atoms with Crippen molar-refractivity contribution in [1.29, 1.82) is 5.26 Å². The second-order valence-electron chi connectivity index (χ2n) is 8.54. The predicted molar refractivity (Wildman–Crippen MR) is 97.8 cm³/mol. The topological polar surface area (TPSA) is 50.1 Å². The third kappa shape index (κ3) is 2.93. The second kappa shape index (κ2) is 6.11. The van der Waals surface area contributed by atoms with Crippen LogP contribution in [0.25, 0.3) is 0 Å². The van der Waals surface area contributed by atoms with Crippen LogP contribution in [-0.2, 0) is 16.0 Å². The minimum atomic E-state index is -0.499. The van der Waals surface area contributed by atoms with Crippen LogP contribution in [0.2, 0.25) is 0 Å². The third-order valence-corrected chi connectivity index (χ3v) is 6.49. The van der Waals surface area contributed by atoms with Gasteiger partial charge in [0.15, 0.2) is 5.78 Å². The van der Waals surface area contributed by atoms with Crippen LogP contribution in [-0.4, -0.2) is 18.5 Å². The lowest BCUT2D eigenvalue weighted by Crippen LogP contribution is -2.54. The third-order valence-electron chi connectivity index (χ3n) is 6.49. The molecule has 3 nitrogen and oxygen atoms in total. The lowest BCUT2D eigenvalue weighted by Gasteiger charge is -2.55. The number of rotatable bonds is 3. The zero-order chi connectivity index (χ0) is 18.3. The molecule has 0 amide bonds. The molecular weight excluding hydrogens is 310 g/mol. The molecule has 0 radical (unpaired) electrons. The van der Waals surface area contributed by atoms with E-state index < -0.39 is 5.41 Å². The summed E-state index contributed by atoms with van der Waals surface area (Å²) in [6.45, 7) is 6.19. The highest BCUT2D eigenvalue weighted by molar-refractivity contribution is 6.04. The van der Waals surface area contributed by atoms with E-state index in [1.54, 1.807) is 7.11 Å². The summed E-state index contributed by atoms with van der Waals surface area (Å²) in [5.74, 6) is 0.231. The Kier molecular flexibility index (Phi) is 4.37. The molecule has 0 unspecified atom stereocenters. The van der Waals surface area contributed by atoms with Crippen molar-refractivity contribution in [2.24, 2.45) is 16.7 Å². The van der Waals surface area contributed by atoms with Gasteiger partial charge in [0.1, 0.15) is 6.07 Å². The van der Waals surface area contributed by atoms with Crippen molar-refractivity contribution in [2.45, 2.75) is 52.1 Å². The monoisotopic (exact) mass is 337 g/mol. The van der Waals surface area contributed by atoms with Crippen LogP contribution >= 0.6 is 0 Å². The zero-order valence-electron chi connectivity index (χ0n) is 15.6. The number of carbonyl (C=O) groups is 1. The number of ketones is 1. The van der Waals surface area contributed by atoms with Gasteiger partial charge in [-0.15, -0.1) is 0 Å². The second-order valence-corrected chi connectivity index (χ2v) is 8.54. The van der Waals surface area contributed by atoms with Crippen LogP contribution in [0.3, 0.4) is 0 Å². The molecule has 3 heteroatoms. The maximum atomic E-state index is 12.7. The molecule has 0 aliphatic heterocycles. The van der Waals surface area contributed by atoms with Gasteiger partial charge in [-0.2, -0.15) is 5.26 Å². The Balaban J connectivity index is 1.98. The standard InChI is InChI=1S/C22H27NO2/c1-20(2)18-10-11-22(25-4,12-16-8-6-5-7-9-16)15-21(18,3)13-17(14-23)19(20)24/h5-9,13,18H,10-12,15H2,1-4H3/t18-,21+,22+/m0/s1. The summed E-state index contributed by atoms with van der Waals surface area (Å²) in [5, 5.41) is 9.45. The molecule has 0 N–H and O–H groups in total. The van der Waals surface area contributed by atoms with E-state index in [2.05, 4.69) is 37.3 Å². The normalized spacial score (nSPS) is 34.0. The SMILES string of the molecule is CO[C@@]1(Cc2ccccc2)CC[C@H]2C(C)(C)C(=O)C(C#N)=C[C@]2(C)C1. The van der Waals surface area contributed by atoms with Crippen LogP contribution in [0.5, 0.6) is 0 Å². The van der Waals surface area contributed by atoms with Crippen molar-refractivity contribution in [1.82, 2.24) is 0 Å². The van der Waals surface area contributed by atoms with Gasteiger partial charge in [-0.05, 0) is 36.2 Å². The van der Waals surface area contributed by atoms with Gasteiger partial charge in [0.2, 0.25) is 0 Å².